The molecule has 2 aliphatic carbocycles. The number of carbonyl (C=O) groups is 1. The monoisotopic (exact) mass is 768 g/mol. The van der Waals surface area contributed by atoms with E-state index < -0.39 is 92.8 Å². The Bertz CT molecular complexity index is 2390. The van der Waals surface area contributed by atoms with Gasteiger partial charge in [0, 0.05) is 59.7 Å². The molecule has 0 saturated heterocycles. The predicted molar refractivity (Wildman–Crippen MR) is 176 cm³/mol. The molecule has 0 bridgehead atoms. The molecule has 3 heterocycles. The van der Waals surface area contributed by atoms with Crippen molar-refractivity contribution in [2.75, 3.05) is 12.0 Å². The summed E-state index contributed by atoms with van der Waals surface area (Å²) in [7, 11) is -2.00. The van der Waals surface area contributed by atoms with Crippen LogP contribution in [-0.2, 0) is 52.5 Å². The number of hydrogen-bond acceptors (Lipinski definition) is 7. The molecule has 1 saturated carbocycles. The molecule has 2 aromatic carbocycles. The van der Waals surface area contributed by atoms with Gasteiger partial charge in [-0.3, -0.25) is 19.1 Å². The van der Waals surface area contributed by atoms with Crippen molar-refractivity contribution in [1.29, 1.82) is 0 Å². The smallest absolute Gasteiger partial charge is 0.397 e. The second-order valence-electron chi connectivity index (χ2n) is 13.4. The molecule has 9 nitrogen and oxygen atoms in total. The highest BCUT2D eigenvalue weighted by Gasteiger charge is 2.68. The highest BCUT2D eigenvalue weighted by atomic mass is 35.5. The van der Waals surface area contributed by atoms with Crippen LogP contribution in [0.5, 0.6) is 0 Å². The number of nitrogens with two attached hydrogens (primary N) is 1. The van der Waals surface area contributed by atoms with Crippen LogP contribution in [0.15, 0.2) is 42.6 Å². The van der Waals surface area contributed by atoms with Crippen LogP contribution >= 0.6 is 11.6 Å². The lowest BCUT2D eigenvalue weighted by Crippen LogP contribution is -2.24. The fourth-order valence-electron chi connectivity index (χ4n) is 7.44. The summed E-state index contributed by atoms with van der Waals surface area (Å²) in [4.78, 5) is 18.3. The van der Waals surface area contributed by atoms with Gasteiger partial charge in [-0.1, -0.05) is 17.7 Å². The second-order valence-corrected chi connectivity index (χ2v) is 16.0. The standard InChI is InChI=1S/C34H28ClF7N6O3S/c1-47-30-21(3-4-25(35)28(30)26(45-47)14-52(2,50)51)22-10-19(43)12-44-29(22)16(5-15-6-17(36)9-18(37)7-15)8-20(49)13-48-32-27(31(46-48)34(40,41)42)23-11-24(23)33(32,38)39/h3-4,6-7,9-10,12,16,23-24H,5,8,11,13-14,43H2,1-2H3/t16-,23+,24-/m1/s1. The molecule has 18 heteroatoms. The van der Waals surface area contributed by atoms with Crippen molar-refractivity contribution in [1.82, 2.24) is 24.5 Å². The van der Waals surface area contributed by atoms with Gasteiger partial charge < -0.3 is 5.73 Å². The number of rotatable bonds is 10. The van der Waals surface area contributed by atoms with E-state index in [0.29, 0.717) is 32.8 Å². The van der Waals surface area contributed by atoms with Crippen molar-refractivity contribution in [3.05, 3.63) is 93.2 Å². The Labute approximate surface area is 296 Å². The summed E-state index contributed by atoms with van der Waals surface area (Å²) < 4.78 is 127. The first-order valence-corrected chi connectivity index (χ1v) is 18.3. The average Bonchev–Trinajstić information content (AvgIpc) is 3.55. The van der Waals surface area contributed by atoms with Crippen LogP contribution in [0.25, 0.3) is 22.0 Å². The van der Waals surface area contributed by atoms with E-state index >= 15 is 8.78 Å². The summed E-state index contributed by atoms with van der Waals surface area (Å²) >= 11 is 6.55. The molecule has 1 fully saturated rings. The van der Waals surface area contributed by atoms with Crippen molar-refractivity contribution in [3.8, 4) is 11.1 Å². The molecule has 0 radical (unpaired) electrons. The quantitative estimate of drug-likeness (QED) is 0.150. The van der Waals surface area contributed by atoms with Gasteiger partial charge in [-0.2, -0.15) is 32.1 Å². The first-order valence-electron chi connectivity index (χ1n) is 15.8. The number of halogens is 8. The van der Waals surface area contributed by atoms with Gasteiger partial charge in [-0.05, 0) is 48.6 Å². The molecule has 0 unspecified atom stereocenters. The molecule has 2 aliphatic rings. The number of sulfone groups is 1. The van der Waals surface area contributed by atoms with E-state index in [-0.39, 0.29) is 40.5 Å². The minimum Gasteiger partial charge on any atom is -0.397 e. The van der Waals surface area contributed by atoms with E-state index in [1.807, 2.05) is 0 Å². The first kappa shape index (κ1) is 35.9. The Kier molecular flexibility index (Phi) is 8.48. The van der Waals surface area contributed by atoms with Gasteiger partial charge in [-0.25, -0.2) is 17.2 Å². The topological polar surface area (TPSA) is 126 Å². The molecule has 0 aliphatic heterocycles. The Morgan fingerprint density at radius 1 is 1.10 bits per heavy atom. The van der Waals surface area contributed by atoms with Crippen LogP contribution in [-0.4, -0.2) is 45.0 Å². The van der Waals surface area contributed by atoms with E-state index in [1.165, 1.54) is 23.0 Å². The molecule has 52 heavy (non-hydrogen) atoms. The van der Waals surface area contributed by atoms with Crippen LogP contribution in [0, 0.1) is 17.6 Å². The summed E-state index contributed by atoms with van der Waals surface area (Å²) in [6.07, 6.45) is -3.60. The summed E-state index contributed by atoms with van der Waals surface area (Å²) in [5.74, 6) is -10.1. The number of benzene rings is 2. The number of nitrogens with zero attached hydrogens (tertiary/aromatic N) is 5. The Hall–Kier alpha value is -4.51. The summed E-state index contributed by atoms with van der Waals surface area (Å²) in [6, 6.07) is 7.34. The van der Waals surface area contributed by atoms with E-state index in [2.05, 4.69) is 15.2 Å². The zero-order valence-corrected chi connectivity index (χ0v) is 28.9. The number of nitrogen functional groups attached to an aromatic ring is 1. The van der Waals surface area contributed by atoms with E-state index in [4.69, 9.17) is 17.3 Å². The molecule has 0 spiro atoms. The maximum atomic E-state index is 15.3. The first-order chi connectivity index (χ1) is 24.2. The van der Waals surface area contributed by atoms with Crippen LogP contribution in [0.2, 0.25) is 5.02 Å². The number of aryl methyl sites for hydroxylation is 1. The zero-order valence-electron chi connectivity index (χ0n) is 27.3. The lowest BCUT2D eigenvalue weighted by atomic mass is 9.86. The SMILES string of the molecule is Cn1nc(CS(C)(=O)=O)c2c(Cl)ccc(-c3cc(N)cnc3[C@@H](CC(=O)Cn3nc(C(F)(F)F)c4c3C(F)(F)[C@@H]3C[C@H]43)Cc3cc(F)cc(F)c3)c21. The Morgan fingerprint density at radius 2 is 1.79 bits per heavy atom. The van der Waals surface area contributed by atoms with Crippen molar-refractivity contribution in [2.45, 2.75) is 55.5 Å². The molecule has 274 valence electrons. The fraction of sp³-hybridized carbons (Fsp3) is 0.353. The molecule has 5 aromatic rings. The maximum absolute atomic E-state index is 15.3. The van der Waals surface area contributed by atoms with Gasteiger partial charge in [0.1, 0.15) is 23.9 Å². The van der Waals surface area contributed by atoms with Crippen LogP contribution in [0.1, 0.15) is 58.6 Å². The highest BCUT2D eigenvalue weighted by molar-refractivity contribution is 7.89. The number of ketones is 1. The van der Waals surface area contributed by atoms with E-state index in [9.17, 15) is 35.2 Å². The number of anilines is 1. The van der Waals surface area contributed by atoms with Gasteiger partial charge in [0.2, 0.25) is 0 Å². The van der Waals surface area contributed by atoms with Crippen LogP contribution in [0.3, 0.4) is 0 Å². The van der Waals surface area contributed by atoms with E-state index in [1.54, 1.807) is 13.1 Å². The van der Waals surface area contributed by atoms with Gasteiger partial charge >= 0.3 is 6.18 Å². The molecule has 3 atom stereocenters. The molecule has 7 rings (SSSR count). The van der Waals surface area contributed by atoms with Crippen LogP contribution < -0.4 is 5.73 Å². The fourth-order valence-corrected chi connectivity index (χ4v) is 8.40. The highest BCUT2D eigenvalue weighted by Crippen LogP contribution is 2.68. The van der Waals surface area contributed by atoms with Gasteiger partial charge in [-0.15, -0.1) is 0 Å². The molecule has 2 N–H and O–H groups in total. The largest absolute Gasteiger partial charge is 0.435 e. The molecular weight excluding hydrogens is 741 g/mol. The number of aromatic nitrogens is 5. The lowest BCUT2D eigenvalue weighted by Gasteiger charge is -2.21. The van der Waals surface area contributed by atoms with Crippen molar-refractivity contribution < 1.29 is 43.9 Å². The number of hydrogen-bond donors (Lipinski definition) is 1. The zero-order chi connectivity index (χ0) is 37.7. The number of pyridine rings is 1. The third-order valence-corrected chi connectivity index (χ3v) is 10.5. The van der Waals surface area contributed by atoms with Crippen molar-refractivity contribution in [3.63, 3.8) is 0 Å². The predicted octanol–water partition coefficient (Wildman–Crippen LogP) is 7.10. The van der Waals surface area contributed by atoms with Gasteiger partial charge in [0.15, 0.2) is 21.3 Å². The Morgan fingerprint density at radius 3 is 2.44 bits per heavy atom. The second kappa shape index (κ2) is 12.3. The van der Waals surface area contributed by atoms with Crippen LogP contribution in [0.4, 0.5) is 36.4 Å². The maximum Gasteiger partial charge on any atom is 0.435 e. The molecular formula is C34H28ClF7N6O3S. The van der Waals surface area contributed by atoms with E-state index in [0.717, 1.165) is 18.4 Å². The van der Waals surface area contributed by atoms with Crippen molar-refractivity contribution >= 4 is 43.8 Å². The third-order valence-electron chi connectivity index (χ3n) is 9.43. The number of fused-ring (bicyclic) bond motifs is 4. The third kappa shape index (κ3) is 6.41. The minimum atomic E-state index is -5.03. The summed E-state index contributed by atoms with van der Waals surface area (Å²) in [5.41, 5.74) is 4.83. The van der Waals surface area contributed by atoms with Gasteiger partial charge in [0.05, 0.1) is 39.6 Å². The summed E-state index contributed by atoms with van der Waals surface area (Å²) in [5, 5.41) is 8.33. The minimum absolute atomic E-state index is 0.100. The van der Waals surface area contributed by atoms with Crippen molar-refractivity contribution in [2.24, 2.45) is 13.0 Å². The average molecular weight is 769 g/mol. The summed E-state index contributed by atoms with van der Waals surface area (Å²) in [6.45, 7) is -0.937. The lowest BCUT2D eigenvalue weighted by molar-refractivity contribution is -0.142. The van der Waals surface area contributed by atoms with Gasteiger partial charge in [0.25, 0.3) is 5.92 Å². The number of carbonyl (C=O) groups excluding carboxylic acids is 1. The molecule has 0 amide bonds. The molecule has 3 aromatic heterocycles. The normalized spacial score (nSPS) is 18.4. The number of Topliss-reactive ketones (excluding diaryl/α,β-unsaturated/α-hetero) is 1. The Balaban J connectivity index is 1.33. The number of alkyl halides is 5.